The summed E-state index contributed by atoms with van der Waals surface area (Å²) in [4.78, 5) is 0. The molecule has 0 bridgehead atoms. The van der Waals surface area contributed by atoms with Gasteiger partial charge in [0.25, 0.3) is 0 Å². The Morgan fingerprint density at radius 3 is 1.48 bits per heavy atom. The van der Waals surface area contributed by atoms with Gasteiger partial charge in [-0.05, 0) is 48.5 Å². The van der Waals surface area contributed by atoms with Crippen molar-refractivity contribution in [1.29, 1.82) is 10.5 Å². The average Bonchev–Trinajstić information content (AvgIpc) is 3.16. The third-order valence-corrected chi connectivity index (χ3v) is 7.98. The Bertz CT molecular complexity index is 852. The van der Waals surface area contributed by atoms with E-state index in [9.17, 15) is 4.57 Å². The summed E-state index contributed by atoms with van der Waals surface area (Å²) in [6.07, 6.45) is 0. The summed E-state index contributed by atoms with van der Waals surface area (Å²) < 4.78 is 20.0. The van der Waals surface area contributed by atoms with Crippen LogP contribution >= 0.6 is 7.59 Å². The molecule has 2 fully saturated rings. The van der Waals surface area contributed by atoms with Crippen molar-refractivity contribution in [2.24, 2.45) is 0 Å². The molecule has 0 amide bonds. The number of hydrogen-bond acceptors (Lipinski definition) is 3. The number of benzene rings is 2. The van der Waals surface area contributed by atoms with Crippen LogP contribution < -0.4 is 9.34 Å². The normalized spacial score (nSPS) is 18.6. The second-order valence-corrected chi connectivity index (χ2v) is 8.59. The fraction of sp³-hybridized carbons (Fsp3) is 0.222. The van der Waals surface area contributed by atoms with Crippen LogP contribution in [0.4, 0.5) is 11.4 Å². The molecule has 2 aliphatic heterocycles. The first-order chi connectivity index (χ1) is 12.2. The van der Waals surface area contributed by atoms with Gasteiger partial charge in [-0.1, -0.05) is 0 Å². The van der Waals surface area contributed by atoms with Crippen molar-refractivity contribution in [1.82, 2.24) is 4.67 Å². The quantitative estimate of drug-likeness (QED) is 0.775. The second-order valence-electron chi connectivity index (χ2n) is 6.03. The Morgan fingerprint density at radius 2 is 1.12 bits per heavy atom. The minimum Gasteiger partial charge on any atom is -0.293 e. The first kappa shape index (κ1) is 15.7. The maximum Gasteiger partial charge on any atom is 0.335 e. The molecule has 2 heterocycles. The largest absolute Gasteiger partial charge is 0.335 e. The standard InChI is InChI=1S/C18H16N5OP/c19-13-15-1-5-17(6-2-15)22-11-9-21-10-12-23(25(21,22)24)18-7-3-16(14-20)4-8-18/h1-8H,9-12H2. The van der Waals surface area contributed by atoms with E-state index < -0.39 is 7.59 Å². The van der Waals surface area contributed by atoms with Gasteiger partial charge in [-0.2, -0.15) is 10.5 Å². The van der Waals surface area contributed by atoms with E-state index >= 15 is 0 Å². The van der Waals surface area contributed by atoms with Crippen molar-refractivity contribution in [2.45, 2.75) is 0 Å². The minimum atomic E-state index is -2.91. The molecule has 4 rings (SSSR count). The van der Waals surface area contributed by atoms with Crippen LogP contribution in [0.1, 0.15) is 11.1 Å². The molecular weight excluding hydrogens is 333 g/mol. The Labute approximate surface area is 146 Å². The zero-order valence-corrected chi connectivity index (χ0v) is 14.4. The lowest BCUT2D eigenvalue weighted by molar-refractivity contribution is 0.488. The molecular formula is C18H16N5OP. The molecule has 0 saturated carbocycles. The van der Waals surface area contributed by atoms with Crippen LogP contribution in [0.25, 0.3) is 0 Å². The van der Waals surface area contributed by atoms with Crippen molar-refractivity contribution >= 4 is 19.0 Å². The van der Waals surface area contributed by atoms with Gasteiger partial charge < -0.3 is 0 Å². The monoisotopic (exact) mass is 349 g/mol. The van der Waals surface area contributed by atoms with Crippen molar-refractivity contribution in [2.75, 3.05) is 35.5 Å². The van der Waals surface area contributed by atoms with E-state index in [1.54, 1.807) is 24.3 Å². The highest BCUT2D eigenvalue weighted by Crippen LogP contribution is 2.64. The first-order valence-electron chi connectivity index (χ1n) is 8.08. The molecule has 7 heteroatoms. The van der Waals surface area contributed by atoms with E-state index in [1.807, 2.05) is 38.3 Å². The lowest BCUT2D eigenvalue weighted by Gasteiger charge is -2.34. The van der Waals surface area contributed by atoms with Crippen molar-refractivity contribution < 1.29 is 4.57 Å². The van der Waals surface area contributed by atoms with E-state index in [0.29, 0.717) is 24.2 Å². The van der Waals surface area contributed by atoms with Crippen LogP contribution in [-0.2, 0) is 4.57 Å². The summed E-state index contributed by atoms with van der Waals surface area (Å²) >= 11 is 0. The number of nitrogens with zero attached hydrogens (tertiary/aromatic N) is 5. The summed E-state index contributed by atoms with van der Waals surface area (Å²) in [7, 11) is -2.91. The molecule has 2 saturated heterocycles. The summed E-state index contributed by atoms with van der Waals surface area (Å²) in [5, 5.41) is 17.9. The van der Waals surface area contributed by atoms with Gasteiger partial charge in [-0.3, -0.25) is 13.9 Å². The highest BCUT2D eigenvalue weighted by molar-refractivity contribution is 7.65. The lowest BCUT2D eigenvalue weighted by atomic mass is 10.2. The van der Waals surface area contributed by atoms with Crippen molar-refractivity contribution in [3.05, 3.63) is 59.7 Å². The average molecular weight is 349 g/mol. The van der Waals surface area contributed by atoms with E-state index in [4.69, 9.17) is 10.5 Å². The number of anilines is 2. The van der Waals surface area contributed by atoms with E-state index in [-0.39, 0.29) is 0 Å². The number of rotatable bonds is 2. The summed E-state index contributed by atoms with van der Waals surface area (Å²) in [5.41, 5.74) is 2.91. The Morgan fingerprint density at radius 1 is 0.720 bits per heavy atom. The molecule has 0 aliphatic carbocycles. The van der Waals surface area contributed by atoms with Crippen molar-refractivity contribution in [3.8, 4) is 12.1 Å². The summed E-state index contributed by atoms with van der Waals surface area (Å²) in [6, 6.07) is 18.7. The smallest absolute Gasteiger partial charge is 0.293 e. The zero-order valence-electron chi connectivity index (χ0n) is 13.5. The Hall–Kier alpha value is -2.79. The minimum absolute atomic E-state index is 0.591. The number of hydrogen-bond donors (Lipinski definition) is 0. The van der Waals surface area contributed by atoms with Gasteiger partial charge in [-0.25, -0.2) is 4.67 Å². The fourth-order valence-corrected chi connectivity index (χ4v) is 6.60. The first-order valence-corrected chi connectivity index (χ1v) is 9.65. The summed E-state index contributed by atoms with van der Waals surface area (Å²) in [6.45, 7) is 2.89. The SMILES string of the molecule is N#Cc1ccc(N2CCN3CCN(c4ccc(C#N)cc4)P32=O)cc1. The molecule has 0 radical (unpaired) electrons. The molecule has 124 valence electrons. The molecule has 2 aliphatic rings. The number of fused-ring (bicyclic) bond motifs is 1. The molecule has 0 unspecified atom stereocenters. The van der Waals surface area contributed by atoms with Crippen LogP contribution in [0, 0.1) is 22.7 Å². The predicted octanol–water partition coefficient (Wildman–Crippen LogP) is 3.18. The van der Waals surface area contributed by atoms with E-state index in [1.165, 1.54) is 0 Å². The van der Waals surface area contributed by atoms with Crippen LogP contribution in [-0.4, -0.2) is 30.8 Å². The molecule has 0 N–H and O–H groups in total. The highest BCUT2D eigenvalue weighted by atomic mass is 31.2. The third kappa shape index (κ3) is 2.39. The molecule has 0 aromatic heterocycles. The Balaban J connectivity index is 1.72. The van der Waals surface area contributed by atoms with Crippen LogP contribution in [0.5, 0.6) is 0 Å². The van der Waals surface area contributed by atoms with Crippen LogP contribution in [0.2, 0.25) is 0 Å². The molecule has 0 spiro atoms. The zero-order chi connectivity index (χ0) is 17.4. The van der Waals surface area contributed by atoms with Gasteiger partial charge in [0.2, 0.25) is 0 Å². The molecule has 25 heavy (non-hydrogen) atoms. The van der Waals surface area contributed by atoms with E-state index in [0.717, 1.165) is 24.5 Å². The van der Waals surface area contributed by atoms with Gasteiger partial charge in [-0.15, -0.1) is 0 Å². The van der Waals surface area contributed by atoms with Gasteiger partial charge in [0.15, 0.2) is 0 Å². The van der Waals surface area contributed by atoms with Gasteiger partial charge >= 0.3 is 7.59 Å². The van der Waals surface area contributed by atoms with Crippen LogP contribution in [0.15, 0.2) is 48.5 Å². The maximum atomic E-state index is 14.0. The molecule has 2 aromatic carbocycles. The maximum absolute atomic E-state index is 14.0. The summed E-state index contributed by atoms with van der Waals surface area (Å²) in [5.74, 6) is 0. The highest BCUT2D eigenvalue weighted by Gasteiger charge is 2.52. The van der Waals surface area contributed by atoms with Crippen LogP contribution in [0.3, 0.4) is 0 Å². The molecule has 6 nitrogen and oxygen atoms in total. The topological polar surface area (TPSA) is 74.4 Å². The number of nitriles is 2. The molecule has 0 atom stereocenters. The Kier molecular flexibility index (Phi) is 3.73. The second kappa shape index (κ2) is 5.93. The fourth-order valence-electron chi connectivity index (χ4n) is 3.46. The van der Waals surface area contributed by atoms with Gasteiger partial charge in [0.1, 0.15) is 0 Å². The third-order valence-electron chi connectivity index (χ3n) is 4.73. The van der Waals surface area contributed by atoms with E-state index in [2.05, 4.69) is 12.1 Å². The lowest BCUT2D eigenvalue weighted by Crippen LogP contribution is -2.26. The van der Waals surface area contributed by atoms with Gasteiger partial charge in [0, 0.05) is 37.6 Å². The predicted molar refractivity (Wildman–Crippen MR) is 96.2 cm³/mol. The molecule has 2 aromatic rings. The van der Waals surface area contributed by atoms with Gasteiger partial charge in [0.05, 0.1) is 23.3 Å². The van der Waals surface area contributed by atoms with Crippen molar-refractivity contribution in [3.63, 3.8) is 0 Å².